The first kappa shape index (κ1) is 13.9. The van der Waals surface area contributed by atoms with E-state index in [9.17, 15) is 0 Å². The Morgan fingerprint density at radius 2 is 2.33 bits per heavy atom. The lowest BCUT2D eigenvalue weighted by atomic mass is 9.73. The summed E-state index contributed by atoms with van der Waals surface area (Å²) in [5.74, 6) is 0. The molecule has 5 heteroatoms. The van der Waals surface area contributed by atoms with E-state index in [1.807, 2.05) is 23.4 Å². The van der Waals surface area contributed by atoms with Gasteiger partial charge in [-0.1, -0.05) is 39.0 Å². The molecule has 1 aromatic rings. The van der Waals surface area contributed by atoms with E-state index >= 15 is 0 Å². The summed E-state index contributed by atoms with van der Waals surface area (Å²) in [6.07, 6.45) is 5.65. The van der Waals surface area contributed by atoms with Gasteiger partial charge in [-0.05, 0) is 24.8 Å². The van der Waals surface area contributed by atoms with Gasteiger partial charge in [-0.15, -0.1) is 10.2 Å². The van der Waals surface area contributed by atoms with E-state index in [0.717, 1.165) is 11.7 Å². The summed E-state index contributed by atoms with van der Waals surface area (Å²) in [4.78, 5) is 0. The minimum absolute atomic E-state index is 0.366. The summed E-state index contributed by atoms with van der Waals surface area (Å²) in [6.45, 7) is 7.98. The molecule has 0 aliphatic heterocycles. The standard InChI is InChI=1S/C13H24N4S/c1-5-14-11-10(7-6-8-13(11,2)3)18-12-16-15-9-17(12)4/h9-11,14H,5-8H2,1-4H3. The van der Waals surface area contributed by atoms with Crippen molar-refractivity contribution in [2.45, 2.75) is 56.5 Å². The number of nitrogens with one attached hydrogen (secondary N) is 1. The quantitative estimate of drug-likeness (QED) is 0.911. The molecule has 1 aromatic heterocycles. The highest BCUT2D eigenvalue weighted by molar-refractivity contribution is 7.99. The van der Waals surface area contributed by atoms with Crippen LogP contribution in [0.1, 0.15) is 40.0 Å². The molecule has 1 fully saturated rings. The van der Waals surface area contributed by atoms with Crippen LogP contribution in [0.5, 0.6) is 0 Å². The van der Waals surface area contributed by atoms with Crippen LogP contribution in [0, 0.1) is 5.41 Å². The number of hydrogen-bond donors (Lipinski definition) is 1. The van der Waals surface area contributed by atoms with Crippen LogP contribution < -0.4 is 5.32 Å². The molecule has 2 atom stereocenters. The second-order valence-corrected chi connectivity index (χ2v) is 7.00. The highest BCUT2D eigenvalue weighted by Gasteiger charge is 2.39. The first-order valence-electron chi connectivity index (χ1n) is 6.78. The van der Waals surface area contributed by atoms with Crippen LogP contribution in [0.25, 0.3) is 0 Å². The topological polar surface area (TPSA) is 42.7 Å². The fraction of sp³-hybridized carbons (Fsp3) is 0.846. The fourth-order valence-electron chi connectivity index (χ4n) is 2.85. The van der Waals surface area contributed by atoms with Gasteiger partial charge in [0.15, 0.2) is 5.16 Å². The van der Waals surface area contributed by atoms with Gasteiger partial charge in [-0.25, -0.2) is 0 Å². The van der Waals surface area contributed by atoms with Crippen LogP contribution in [-0.4, -0.2) is 32.6 Å². The molecule has 4 nitrogen and oxygen atoms in total. The van der Waals surface area contributed by atoms with Crippen molar-refractivity contribution in [3.05, 3.63) is 6.33 Å². The zero-order chi connectivity index (χ0) is 13.2. The van der Waals surface area contributed by atoms with Gasteiger partial charge in [0.05, 0.1) is 0 Å². The number of thioether (sulfide) groups is 1. The third-order valence-electron chi connectivity index (χ3n) is 3.87. The van der Waals surface area contributed by atoms with E-state index in [0.29, 0.717) is 16.7 Å². The zero-order valence-corrected chi connectivity index (χ0v) is 12.6. The molecule has 1 saturated carbocycles. The second kappa shape index (κ2) is 5.61. The van der Waals surface area contributed by atoms with Gasteiger partial charge in [-0.3, -0.25) is 0 Å². The molecule has 2 unspecified atom stereocenters. The Morgan fingerprint density at radius 1 is 1.56 bits per heavy atom. The molecule has 0 bridgehead atoms. The maximum Gasteiger partial charge on any atom is 0.191 e. The molecule has 0 aromatic carbocycles. The molecule has 0 spiro atoms. The van der Waals surface area contributed by atoms with Crippen molar-refractivity contribution in [2.75, 3.05) is 6.54 Å². The molecule has 0 radical (unpaired) electrons. The summed E-state index contributed by atoms with van der Waals surface area (Å²) in [5, 5.41) is 13.5. The largest absolute Gasteiger partial charge is 0.313 e. The molecule has 2 rings (SSSR count). The molecule has 1 heterocycles. The van der Waals surface area contributed by atoms with E-state index in [2.05, 4.69) is 36.3 Å². The predicted octanol–water partition coefficient (Wildman–Crippen LogP) is 2.46. The van der Waals surface area contributed by atoms with Crippen LogP contribution >= 0.6 is 11.8 Å². The Hall–Kier alpha value is -0.550. The van der Waals surface area contributed by atoms with Crippen molar-refractivity contribution in [1.82, 2.24) is 20.1 Å². The lowest BCUT2D eigenvalue weighted by molar-refractivity contribution is 0.176. The van der Waals surface area contributed by atoms with E-state index < -0.39 is 0 Å². The van der Waals surface area contributed by atoms with Gasteiger partial charge in [0.25, 0.3) is 0 Å². The summed E-state index contributed by atoms with van der Waals surface area (Å²) >= 11 is 1.88. The van der Waals surface area contributed by atoms with Gasteiger partial charge >= 0.3 is 0 Å². The molecular formula is C13H24N4S. The van der Waals surface area contributed by atoms with Crippen LogP contribution in [0.15, 0.2) is 11.5 Å². The Balaban J connectivity index is 2.12. The molecular weight excluding hydrogens is 244 g/mol. The third kappa shape index (κ3) is 2.88. The summed E-state index contributed by atoms with van der Waals surface area (Å²) < 4.78 is 2.01. The third-order valence-corrected chi connectivity index (χ3v) is 5.27. The number of aryl methyl sites for hydroxylation is 1. The summed E-state index contributed by atoms with van der Waals surface area (Å²) in [5.41, 5.74) is 0.366. The lowest BCUT2D eigenvalue weighted by Crippen LogP contribution is -2.51. The highest BCUT2D eigenvalue weighted by Crippen LogP contribution is 2.42. The van der Waals surface area contributed by atoms with Gasteiger partial charge in [0.2, 0.25) is 0 Å². The number of aromatic nitrogens is 3. The smallest absolute Gasteiger partial charge is 0.191 e. The minimum Gasteiger partial charge on any atom is -0.313 e. The fourth-order valence-corrected chi connectivity index (χ4v) is 4.32. The molecule has 0 amide bonds. The van der Waals surface area contributed by atoms with Crippen molar-refractivity contribution in [3.63, 3.8) is 0 Å². The predicted molar refractivity (Wildman–Crippen MR) is 75.7 cm³/mol. The van der Waals surface area contributed by atoms with E-state index in [1.165, 1.54) is 19.3 Å². The first-order valence-corrected chi connectivity index (χ1v) is 7.66. The van der Waals surface area contributed by atoms with Gasteiger partial charge < -0.3 is 9.88 Å². The van der Waals surface area contributed by atoms with Crippen LogP contribution in [0.2, 0.25) is 0 Å². The van der Waals surface area contributed by atoms with Crippen LogP contribution in [-0.2, 0) is 7.05 Å². The van der Waals surface area contributed by atoms with Crippen molar-refractivity contribution in [1.29, 1.82) is 0 Å². The molecule has 102 valence electrons. The van der Waals surface area contributed by atoms with Crippen molar-refractivity contribution >= 4 is 11.8 Å². The average molecular weight is 268 g/mol. The first-order chi connectivity index (χ1) is 8.54. The van der Waals surface area contributed by atoms with Gasteiger partial charge in [-0.2, -0.15) is 0 Å². The number of nitrogens with zero attached hydrogens (tertiary/aromatic N) is 3. The minimum atomic E-state index is 0.366. The molecule has 0 saturated heterocycles. The number of hydrogen-bond acceptors (Lipinski definition) is 4. The Kier molecular flexibility index (Phi) is 4.33. The van der Waals surface area contributed by atoms with E-state index in [4.69, 9.17) is 0 Å². The molecule has 1 N–H and O–H groups in total. The summed E-state index contributed by atoms with van der Waals surface area (Å²) in [7, 11) is 2.01. The molecule has 1 aliphatic carbocycles. The van der Waals surface area contributed by atoms with Crippen LogP contribution in [0.4, 0.5) is 0 Å². The number of rotatable bonds is 4. The highest BCUT2D eigenvalue weighted by atomic mass is 32.2. The Bertz CT molecular complexity index is 388. The van der Waals surface area contributed by atoms with Gasteiger partial charge in [0.1, 0.15) is 6.33 Å². The van der Waals surface area contributed by atoms with Crippen LogP contribution in [0.3, 0.4) is 0 Å². The zero-order valence-electron chi connectivity index (χ0n) is 11.8. The Morgan fingerprint density at radius 3 is 2.94 bits per heavy atom. The summed E-state index contributed by atoms with van der Waals surface area (Å²) in [6, 6.07) is 0.554. The molecule has 18 heavy (non-hydrogen) atoms. The van der Waals surface area contributed by atoms with Crippen molar-refractivity contribution in [2.24, 2.45) is 12.5 Å². The van der Waals surface area contributed by atoms with Gasteiger partial charge in [0, 0.05) is 18.3 Å². The maximum absolute atomic E-state index is 4.20. The van der Waals surface area contributed by atoms with Crippen molar-refractivity contribution < 1.29 is 0 Å². The normalized spacial score (nSPS) is 27.3. The maximum atomic E-state index is 4.20. The monoisotopic (exact) mass is 268 g/mol. The van der Waals surface area contributed by atoms with E-state index in [-0.39, 0.29) is 0 Å². The average Bonchev–Trinajstić information content (AvgIpc) is 2.69. The van der Waals surface area contributed by atoms with E-state index in [1.54, 1.807) is 6.33 Å². The van der Waals surface area contributed by atoms with Crippen molar-refractivity contribution in [3.8, 4) is 0 Å². The second-order valence-electron chi connectivity index (χ2n) is 5.80. The SMILES string of the molecule is CCNC1C(Sc2nncn2C)CCCC1(C)C. The molecule has 1 aliphatic rings. The Labute approximate surface area is 114 Å². The lowest BCUT2D eigenvalue weighted by Gasteiger charge is -2.44.